The Labute approximate surface area is 230 Å². The quantitative estimate of drug-likeness (QED) is 0.358. The molecule has 2 aliphatic heterocycles. The molecule has 0 aliphatic carbocycles. The lowest BCUT2D eigenvalue weighted by molar-refractivity contribution is -0.143. The fourth-order valence-corrected chi connectivity index (χ4v) is 5.68. The summed E-state index contributed by atoms with van der Waals surface area (Å²) < 4.78 is 96.2. The Kier molecular flexibility index (Phi) is 7.25. The third-order valence-electron chi connectivity index (χ3n) is 7.52. The molecule has 0 saturated carbocycles. The Morgan fingerprint density at radius 1 is 0.878 bits per heavy atom. The molecule has 1 atom stereocenters. The highest BCUT2D eigenvalue weighted by molar-refractivity contribution is 6.00. The minimum atomic E-state index is -5.03. The number of benzene rings is 2. The predicted octanol–water partition coefficient (Wildman–Crippen LogP) is 5.97. The van der Waals surface area contributed by atoms with E-state index in [1.54, 1.807) is 6.92 Å². The number of aromatic nitrogens is 1. The Hall–Kier alpha value is -3.67. The van der Waals surface area contributed by atoms with E-state index in [0.717, 1.165) is 0 Å². The maximum Gasteiger partial charge on any atom is 0.416 e. The van der Waals surface area contributed by atoms with Gasteiger partial charge in [-0.1, -0.05) is 19.1 Å². The van der Waals surface area contributed by atoms with Gasteiger partial charge >= 0.3 is 12.4 Å². The first-order valence-corrected chi connectivity index (χ1v) is 12.9. The number of likely N-dealkylation sites (N-methyl/N-ethyl adjacent to an activating group) is 1. The molecule has 41 heavy (non-hydrogen) atoms. The minimum Gasteiger partial charge on any atom is -0.333 e. The second-order valence-corrected chi connectivity index (χ2v) is 10.8. The molecule has 1 aromatic heterocycles. The van der Waals surface area contributed by atoms with Crippen molar-refractivity contribution < 1.29 is 35.5 Å². The van der Waals surface area contributed by atoms with E-state index in [4.69, 9.17) is 0 Å². The van der Waals surface area contributed by atoms with E-state index in [0.29, 0.717) is 53.9 Å². The normalized spacial score (nSPS) is 18.2. The van der Waals surface area contributed by atoms with E-state index in [-0.39, 0.29) is 41.9 Å². The van der Waals surface area contributed by atoms with Crippen LogP contribution >= 0.6 is 0 Å². The van der Waals surface area contributed by atoms with Gasteiger partial charge in [0.1, 0.15) is 11.5 Å². The van der Waals surface area contributed by atoms with E-state index < -0.39 is 41.7 Å². The number of carbonyl (C=O) groups is 1. The Morgan fingerprint density at radius 2 is 1.49 bits per heavy atom. The highest BCUT2D eigenvalue weighted by Crippen LogP contribution is 2.38. The number of alkyl halides is 6. The number of hydrogen-bond donors (Lipinski definition) is 0. The summed E-state index contributed by atoms with van der Waals surface area (Å²) >= 11 is 0. The lowest BCUT2D eigenvalue weighted by Crippen LogP contribution is -2.39. The predicted molar refractivity (Wildman–Crippen MR) is 136 cm³/mol. The van der Waals surface area contributed by atoms with Crippen LogP contribution in [0.3, 0.4) is 0 Å². The summed E-state index contributed by atoms with van der Waals surface area (Å²) in [6, 6.07) is 6.68. The van der Waals surface area contributed by atoms with Gasteiger partial charge in [0, 0.05) is 43.9 Å². The van der Waals surface area contributed by atoms with Crippen LogP contribution in [0.1, 0.15) is 45.2 Å². The highest BCUT2D eigenvalue weighted by atomic mass is 19.4. The average Bonchev–Trinajstić information content (AvgIpc) is 3.00. The zero-order valence-electron chi connectivity index (χ0n) is 22.2. The fourth-order valence-electron chi connectivity index (χ4n) is 5.68. The fraction of sp³-hybridized carbons (Fsp3) is 0.379. The molecule has 0 fully saturated rings. The number of carbonyl (C=O) groups excluding carboxylic acids is 1. The first-order valence-electron chi connectivity index (χ1n) is 12.9. The number of nitrogens with zero attached hydrogens (tertiary/aromatic N) is 3. The SMILES string of the molecule is C[C@H]1CN(Cc2cc(C(F)(F)F)cc(C(F)(F)F)c2)C(=O)c2c(-c3ccc(F)cc3)c3c(c(=O)n2C1)CN(C)CC3. The summed E-state index contributed by atoms with van der Waals surface area (Å²) in [5.74, 6) is -1.56. The molecule has 0 radical (unpaired) electrons. The van der Waals surface area contributed by atoms with Crippen LogP contribution in [0.5, 0.6) is 0 Å². The molecule has 0 N–H and O–H groups in total. The molecule has 3 aromatic rings. The van der Waals surface area contributed by atoms with Crippen LogP contribution in [0, 0.1) is 11.7 Å². The Morgan fingerprint density at radius 3 is 2.07 bits per heavy atom. The standard InChI is InChI=1S/C29H26F7N3O2/c1-16-12-38(14-17-9-19(28(31,32)33)11-20(10-17)29(34,35)36)27(41)25-24(18-3-5-21(30)6-4-18)22-7-8-37(2)15-23(22)26(40)39(25)13-16/h3-6,9-11,16H,7-8,12-15H2,1-2H3/t16-/m0/s1. The van der Waals surface area contributed by atoms with Crippen molar-refractivity contribution in [2.24, 2.45) is 5.92 Å². The third kappa shape index (κ3) is 5.61. The molecule has 1 amide bonds. The van der Waals surface area contributed by atoms with Crippen molar-refractivity contribution in [3.63, 3.8) is 0 Å². The van der Waals surface area contributed by atoms with Crippen LogP contribution in [0.15, 0.2) is 47.3 Å². The minimum absolute atomic E-state index is 0.00252. The van der Waals surface area contributed by atoms with Gasteiger partial charge in [0.15, 0.2) is 0 Å². The second kappa shape index (κ2) is 10.3. The molecular formula is C29H26F7N3O2. The van der Waals surface area contributed by atoms with Crippen LogP contribution < -0.4 is 5.56 Å². The first-order chi connectivity index (χ1) is 19.1. The molecule has 0 bridgehead atoms. The number of amides is 1. The maximum atomic E-state index is 14.2. The molecule has 3 heterocycles. The van der Waals surface area contributed by atoms with Crippen molar-refractivity contribution in [3.05, 3.63) is 92.1 Å². The van der Waals surface area contributed by atoms with E-state index in [1.165, 1.54) is 33.7 Å². The zero-order chi connectivity index (χ0) is 29.9. The summed E-state index contributed by atoms with van der Waals surface area (Å²) in [6.45, 7) is 2.23. The van der Waals surface area contributed by atoms with Crippen molar-refractivity contribution in [3.8, 4) is 11.1 Å². The third-order valence-corrected chi connectivity index (χ3v) is 7.52. The summed E-state index contributed by atoms with van der Waals surface area (Å²) in [5.41, 5.74) is -1.61. The zero-order valence-corrected chi connectivity index (χ0v) is 22.2. The van der Waals surface area contributed by atoms with Gasteiger partial charge in [-0.25, -0.2) is 4.39 Å². The van der Waals surface area contributed by atoms with E-state index in [1.807, 2.05) is 11.9 Å². The van der Waals surface area contributed by atoms with Crippen molar-refractivity contribution in [1.82, 2.24) is 14.4 Å². The highest BCUT2D eigenvalue weighted by Gasteiger charge is 2.38. The molecule has 0 unspecified atom stereocenters. The van der Waals surface area contributed by atoms with Crippen LogP contribution in [0.25, 0.3) is 11.1 Å². The number of rotatable bonds is 3. The van der Waals surface area contributed by atoms with Crippen LogP contribution in [-0.4, -0.2) is 40.4 Å². The average molecular weight is 582 g/mol. The van der Waals surface area contributed by atoms with Crippen molar-refractivity contribution in [1.29, 1.82) is 0 Å². The van der Waals surface area contributed by atoms with Gasteiger partial charge in [0.25, 0.3) is 11.5 Å². The Bertz CT molecular complexity index is 1530. The van der Waals surface area contributed by atoms with Gasteiger partial charge in [-0.05, 0) is 66.4 Å². The molecule has 0 saturated heterocycles. The lowest BCUT2D eigenvalue weighted by Gasteiger charge is -2.30. The van der Waals surface area contributed by atoms with Crippen molar-refractivity contribution in [2.75, 3.05) is 20.1 Å². The van der Waals surface area contributed by atoms with Crippen LogP contribution in [-0.2, 0) is 38.4 Å². The number of pyridine rings is 1. The summed E-state index contributed by atoms with van der Waals surface area (Å²) in [6.07, 6.45) is -9.64. The molecule has 0 spiro atoms. The van der Waals surface area contributed by atoms with Gasteiger partial charge in [-0.2, -0.15) is 26.3 Å². The summed E-state index contributed by atoms with van der Waals surface area (Å²) in [5, 5.41) is 0. The number of fused-ring (bicyclic) bond motifs is 2. The van der Waals surface area contributed by atoms with Crippen molar-refractivity contribution in [2.45, 2.75) is 45.3 Å². The number of hydrogen-bond acceptors (Lipinski definition) is 3. The first kappa shape index (κ1) is 28.8. The van der Waals surface area contributed by atoms with Gasteiger partial charge in [-0.15, -0.1) is 0 Å². The number of halogens is 7. The molecule has 12 heteroatoms. The van der Waals surface area contributed by atoms with Crippen molar-refractivity contribution >= 4 is 5.91 Å². The van der Waals surface area contributed by atoms with E-state index in [9.17, 15) is 40.3 Å². The largest absolute Gasteiger partial charge is 0.416 e. The topological polar surface area (TPSA) is 45.6 Å². The van der Waals surface area contributed by atoms with E-state index >= 15 is 0 Å². The lowest BCUT2D eigenvalue weighted by atomic mass is 9.89. The molecule has 5 nitrogen and oxygen atoms in total. The van der Waals surface area contributed by atoms with Crippen LogP contribution in [0.2, 0.25) is 0 Å². The van der Waals surface area contributed by atoms with Gasteiger partial charge in [0.2, 0.25) is 0 Å². The summed E-state index contributed by atoms with van der Waals surface area (Å²) in [7, 11) is 1.86. The summed E-state index contributed by atoms with van der Waals surface area (Å²) in [4.78, 5) is 31.0. The molecular weight excluding hydrogens is 555 g/mol. The molecule has 2 aliphatic rings. The molecule has 2 aromatic carbocycles. The monoisotopic (exact) mass is 581 g/mol. The van der Waals surface area contributed by atoms with E-state index in [2.05, 4.69) is 0 Å². The second-order valence-electron chi connectivity index (χ2n) is 10.8. The molecule has 5 rings (SSSR count). The maximum absolute atomic E-state index is 14.2. The van der Waals surface area contributed by atoms with Gasteiger partial charge in [0.05, 0.1) is 11.1 Å². The van der Waals surface area contributed by atoms with Crippen LogP contribution in [0.4, 0.5) is 30.7 Å². The van der Waals surface area contributed by atoms with Gasteiger partial charge < -0.3 is 14.4 Å². The smallest absolute Gasteiger partial charge is 0.333 e. The molecule has 218 valence electrons. The van der Waals surface area contributed by atoms with Gasteiger partial charge in [-0.3, -0.25) is 9.59 Å². The Balaban J connectivity index is 1.68.